The normalized spacial score (nSPS) is 11.8. The quantitative estimate of drug-likeness (QED) is 0.185. The zero-order chi connectivity index (χ0) is 31.6. The zero-order valence-electron chi connectivity index (χ0n) is 26.0. The molecule has 2 aromatic heterocycles. The molecule has 2 heterocycles. The fraction of sp³-hybridized carbons (Fsp3) is 0. The molecule has 0 atom stereocenters. The highest BCUT2D eigenvalue weighted by Gasteiger charge is 2.20. The topological polar surface area (TPSA) is 26.3 Å². The Morgan fingerprint density at radius 1 is 0.292 bits per heavy atom. The van der Waals surface area contributed by atoms with Gasteiger partial charge in [-0.1, -0.05) is 140 Å². The number of benzene rings is 8. The van der Waals surface area contributed by atoms with Gasteiger partial charge in [0.15, 0.2) is 0 Å². The summed E-state index contributed by atoms with van der Waals surface area (Å²) in [7, 11) is 0. The van der Waals surface area contributed by atoms with E-state index >= 15 is 0 Å². The molecule has 0 N–H and O–H groups in total. The molecule has 0 saturated carbocycles. The highest BCUT2D eigenvalue weighted by atomic mass is 16.3. The highest BCUT2D eigenvalue weighted by Crippen LogP contribution is 2.47. The number of rotatable bonds is 4. The molecule has 0 aliphatic rings. The lowest BCUT2D eigenvalue weighted by Crippen LogP contribution is -1.91. The van der Waals surface area contributed by atoms with Crippen LogP contribution in [0.2, 0.25) is 0 Å². The molecule has 8 aromatic carbocycles. The van der Waals surface area contributed by atoms with Crippen LogP contribution in [0, 0.1) is 0 Å². The first-order valence-corrected chi connectivity index (χ1v) is 16.3. The Labute approximate surface area is 277 Å². The average Bonchev–Trinajstić information content (AvgIpc) is 3.76. The molecule has 0 aliphatic carbocycles. The molecule has 0 fully saturated rings. The van der Waals surface area contributed by atoms with Crippen LogP contribution in [0.25, 0.3) is 99.2 Å². The summed E-state index contributed by atoms with van der Waals surface area (Å²) in [6.07, 6.45) is 0. The summed E-state index contributed by atoms with van der Waals surface area (Å²) in [6, 6.07) is 60.1. The van der Waals surface area contributed by atoms with Gasteiger partial charge < -0.3 is 8.83 Å². The number of furan rings is 2. The minimum atomic E-state index is 0.866. The fourth-order valence-corrected chi connectivity index (χ4v) is 7.59. The Morgan fingerprint density at radius 3 is 1.56 bits per heavy atom. The monoisotopic (exact) mass is 612 g/mol. The van der Waals surface area contributed by atoms with Gasteiger partial charge in [-0.2, -0.15) is 0 Å². The standard InChI is InChI=1S/C46H28O2/c1-3-13-29(14-4-1)42-28-39-32(21-11-23-40(39)47-42)31-25-26-37-43(27-31)48-41-24-12-22-38(46(37)41)45-35-19-9-7-17-33(35)44(30-15-5-2-6-16-30)34-18-8-10-20-36(34)45/h1-28H. The largest absolute Gasteiger partial charge is 0.456 e. The molecule has 2 heteroatoms. The third-order valence-corrected chi connectivity index (χ3v) is 9.69. The van der Waals surface area contributed by atoms with Crippen LogP contribution in [0.15, 0.2) is 179 Å². The summed E-state index contributed by atoms with van der Waals surface area (Å²) < 4.78 is 13.0. The van der Waals surface area contributed by atoms with Crippen molar-refractivity contribution in [3.63, 3.8) is 0 Å². The molecule has 0 radical (unpaired) electrons. The average molecular weight is 613 g/mol. The Morgan fingerprint density at radius 2 is 0.875 bits per heavy atom. The third-order valence-electron chi connectivity index (χ3n) is 9.69. The van der Waals surface area contributed by atoms with E-state index in [1.54, 1.807) is 0 Å². The first-order valence-electron chi connectivity index (χ1n) is 16.3. The van der Waals surface area contributed by atoms with Crippen molar-refractivity contribution in [3.8, 4) is 44.7 Å². The summed E-state index contributed by atoms with van der Waals surface area (Å²) in [5, 5.41) is 8.27. The van der Waals surface area contributed by atoms with Crippen molar-refractivity contribution >= 4 is 54.5 Å². The van der Waals surface area contributed by atoms with Gasteiger partial charge in [0.1, 0.15) is 22.5 Å². The number of hydrogen-bond donors (Lipinski definition) is 0. The van der Waals surface area contributed by atoms with Crippen LogP contribution in [0.3, 0.4) is 0 Å². The van der Waals surface area contributed by atoms with Gasteiger partial charge in [0.25, 0.3) is 0 Å². The molecule has 10 aromatic rings. The summed E-state index contributed by atoms with van der Waals surface area (Å²) in [5.41, 5.74) is 10.8. The Kier molecular flexibility index (Phi) is 5.91. The maximum absolute atomic E-state index is 6.66. The maximum atomic E-state index is 6.66. The molecular weight excluding hydrogens is 585 g/mol. The lowest BCUT2D eigenvalue weighted by atomic mass is 9.85. The van der Waals surface area contributed by atoms with Crippen LogP contribution in [-0.2, 0) is 0 Å². The Hall–Kier alpha value is -6.38. The summed E-state index contributed by atoms with van der Waals surface area (Å²) >= 11 is 0. The molecular formula is C46H28O2. The van der Waals surface area contributed by atoms with Crippen molar-refractivity contribution in [2.75, 3.05) is 0 Å². The van der Waals surface area contributed by atoms with Crippen molar-refractivity contribution in [3.05, 3.63) is 170 Å². The molecule has 48 heavy (non-hydrogen) atoms. The minimum Gasteiger partial charge on any atom is -0.456 e. The van der Waals surface area contributed by atoms with E-state index in [1.807, 2.05) is 24.3 Å². The van der Waals surface area contributed by atoms with Crippen molar-refractivity contribution in [2.45, 2.75) is 0 Å². The van der Waals surface area contributed by atoms with Crippen molar-refractivity contribution in [2.24, 2.45) is 0 Å². The molecule has 0 saturated heterocycles. The lowest BCUT2D eigenvalue weighted by Gasteiger charge is -2.18. The van der Waals surface area contributed by atoms with E-state index < -0.39 is 0 Å². The SMILES string of the molecule is c1ccc(-c2cc3c(-c4ccc5c(c4)oc4cccc(-c6c7ccccc7c(-c7ccccc7)c7ccccc67)c45)cccc3o2)cc1. The van der Waals surface area contributed by atoms with E-state index in [0.717, 1.165) is 55.4 Å². The molecule has 0 bridgehead atoms. The van der Waals surface area contributed by atoms with Gasteiger partial charge in [-0.05, 0) is 85.3 Å². The molecule has 0 amide bonds. The summed E-state index contributed by atoms with van der Waals surface area (Å²) in [5.74, 6) is 0.866. The highest BCUT2D eigenvalue weighted by molar-refractivity contribution is 6.25. The zero-order valence-corrected chi connectivity index (χ0v) is 26.0. The van der Waals surface area contributed by atoms with E-state index in [9.17, 15) is 0 Å². The van der Waals surface area contributed by atoms with Crippen LogP contribution >= 0.6 is 0 Å². The van der Waals surface area contributed by atoms with Gasteiger partial charge in [0, 0.05) is 21.7 Å². The van der Waals surface area contributed by atoms with Crippen LogP contribution < -0.4 is 0 Å². The van der Waals surface area contributed by atoms with E-state index in [2.05, 4.69) is 146 Å². The van der Waals surface area contributed by atoms with Gasteiger partial charge in [0.2, 0.25) is 0 Å². The van der Waals surface area contributed by atoms with Crippen LogP contribution in [0.1, 0.15) is 0 Å². The van der Waals surface area contributed by atoms with Crippen LogP contribution in [-0.4, -0.2) is 0 Å². The predicted molar refractivity (Wildman–Crippen MR) is 200 cm³/mol. The smallest absolute Gasteiger partial charge is 0.136 e. The molecule has 2 nitrogen and oxygen atoms in total. The second kappa shape index (κ2) is 10.6. The van der Waals surface area contributed by atoms with Gasteiger partial charge in [0.05, 0.1) is 0 Å². The summed E-state index contributed by atoms with van der Waals surface area (Å²) in [4.78, 5) is 0. The van der Waals surface area contributed by atoms with E-state index in [-0.39, 0.29) is 0 Å². The van der Waals surface area contributed by atoms with Gasteiger partial charge >= 0.3 is 0 Å². The lowest BCUT2D eigenvalue weighted by molar-refractivity contribution is 0.631. The molecule has 0 aliphatic heterocycles. The second-order valence-corrected chi connectivity index (χ2v) is 12.4. The van der Waals surface area contributed by atoms with Crippen LogP contribution in [0.4, 0.5) is 0 Å². The number of fused-ring (bicyclic) bond motifs is 6. The van der Waals surface area contributed by atoms with E-state index in [1.165, 1.54) is 43.8 Å². The van der Waals surface area contributed by atoms with Gasteiger partial charge in [-0.3, -0.25) is 0 Å². The van der Waals surface area contributed by atoms with Crippen molar-refractivity contribution in [1.82, 2.24) is 0 Å². The fourth-order valence-electron chi connectivity index (χ4n) is 7.59. The van der Waals surface area contributed by atoms with E-state index in [4.69, 9.17) is 8.83 Å². The van der Waals surface area contributed by atoms with Crippen molar-refractivity contribution in [1.29, 1.82) is 0 Å². The van der Waals surface area contributed by atoms with Gasteiger partial charge in [-0.15, -0.1) is 0 Å². The molecule has 0 unspecified atom stereocenters. The first kappa shape index (κ1) is 26.8. The minimum absolute atomic E-state index is 0.866. The Bertz CT molecular complexity index is 2760. The molecule has 224 valence electrons. The number of hydrogen-bond acceptors (Lipinski definition) is 2. The second-order valence-electron chi connectivity index (χ2n) is 12.4. The van der Waals surface area contributed by atoms with Crippen LogP contribution in [0.5, 0.6) is 0 Å². The van der Waals surface area contributed by atoms with Crippen molar-refractivity contribution < 1.29 is 8.83 Å². The molecule has 10 rings (SSSR count). The maximum Gasteiger partial charge on any atom is 0.136 e. The first-order chi connectivity index (χ1) is 23.8. The van der Waals surface area contributed by atoms with Gasteiger partial charge in [-0.25, -0.2) is 0 Å². The third kappa shape index (κ3) is 4.06. The molecule has 0 spiro atoms. The summed E-state index contributed by atoms with van der Waals surface area (Å²) in [6.45, 7) is 0. The van der Waals surface area contributed by atoms with E-state index in [0.29, 0.717) is 0 Å². The Balaban J connectivity index is 1.20. The predicted octanol–water partition coefficient (Wildman–Crippen LogP) is 13.3.